The maximum absolute atomic E-state index is 12.1. The normalized spacial score (nSPS) is 11.2. The van der Waals surface area contributed by atoms with E-state index in [1.54, 1.807) is 0 Å². The molecule has 4 heteroatoms. The van der Waals surface area contributed by atoms with Crippen LogP contribution in [0.1, 0.15) is 11.1 Å². The maximum Gasteiger partial charge on any atom is 0.224 e. The zero-order valence-electron chi connectivity index (χ0n) is 13.3. The van der Waals surface area contributed by atoms with E-state index in [0.29, 0.717) is 13.0 Å². The number of fused-ring (bicyclic) bond motifs is 2. The number of amides is 1. The fourth-order valence-corrected chi connectivity index (χ4v) is 3.13. The van der Waals surface area contributed by atoms with Crippen molar-refractivity contribution in [3.05, 3.63) is 72.1 Å². The van der Waals surface area contributed by atoms with E-state index in [0.717, 1.165) is 23.0 Å². The van der Waals surface area contributed by atoms with Crippen molar-refractivity contribution in [2.45, 2.75) is 12.8 Å². The highest BCUT2D eigenvalue weighted by Gasteiger charge is 2.06. The van der Waals surface area contributed by atoms with Gasteiger partial charge in [0.25, 0.3) is 0 Å². The average molecular weight is 317 g/mol. The molecule has 0 aliphatic rings. The summed E-state index contributed by atoms with van der Waals surface area (Å²) in [6.45, 7) is 0.644. The molecular weight excluding hydrogens is 298 g/mol. The Morgan fingerprint density at radius 2 is 1.92 bits per heavy atom. The van der Waals surface area contributed by atoms with E-state index in [2.05, 4.69) is 27.4 Å². The summed E-state index contributed by atoms with van der Waals surface area (Å²) in [7, 11) is 0. The Labute approximate surface area is 139 Å². The number of carbonyl (C=O) groups is 1. The van der Waals surface area contributed by atoms with Crippen LogP contribution >= 0.6 is 0 Å². The Bertz CT molecular complexity index is 996. The second kappa shape index (κ2) is 6.24. The lowest BCUT2D eigenvalue weighted by molar-refractivity contribution is -0.120. The standard InChI is InChI=1S/C20H19N3O/c24-20(12-14-5-6-15-7-9-21-19(15)11-14)22-10-8-16-13-23-18-4-2-1-3-17(16)18/h1-7,9,11,13,21,23H,8,10,12H2,(H,22,24). The van der Waals surface area contributed by atoms with E-state index in [1.807, 2.05) is 48.8 Å². The summed E-state index contributed by atoms with van der Waals surface area (Å²) in [6, 6.07) is 16.3. The summed E-state index contributed by atoms with van der Waals surface area (Å²) >= 11 is 0. The summed E-state index contributed by atoms with van der Waals surface area (Å²) < 4.78 is 0. The first kappa shape index (κ1) is 14.6. The number of aromatic amines is 2. The lowest BCUT2D eigenvalue weighted by atomic mass is 10.1. The molecule has 0 aliphatic carbocycles. The molecule has 0 saturated heterocycles. The zero-order chi connectivity index (χ0) is 16.4. The second-order valence-corrected chi connectivity index (χ2v) is 6.04. The van der Waals surface area contributed by atoms with Crippen LogP contribution in [0.2, 0.25) is 0 Å². The minimum atomic E-state index is 0.0562. The number of benzene rings is 2. The summed E-state index contributed by atoms with van der Waals surface area (Å²) in [6.07, 6.45) is 5.17. The van der Waals surface area contributed by atoms with Crippen molar-refractivity contribution in [3.63, 3.8) is 0 Å². The van der Waals surface area contributed by atoms with Gasteiger partial charge in [-0.2, -0.15) is 0 Å². The van der Waals surface area contributed by atoms with Gasteiger partial charge in [-0.25, -0.2) is 0 Å². The van der Waals surface area contributed by atoms with Gasteiger partial charge in [0.1, 0.15) is 0 Å². The molecule has 0 unspecified atom stereocenters. The SMILES string of the molecule is O=C(Cc1ccc2cc[nH]c2c1)NCCc1c[nH]c2ccccc12. The smallest absolute Gasteiger partial charge is 0.224 e. The van der Waals surface area contributed by atoms with Crippen LogP contribution in [0.3, 0.4) is 0 Å². The Morgan fingerprint density at radius 3 is 2.88 bits per heavy atom. The molecule has 4 rings (SSSR count). The molecule has 2 aromatic heterocycles. The van der Waals surface area contributed by atoms with E-state index in [4.69, 9.17) is 0 Å². The third kappa shape index (κ3) is 2.91. The van der Waals surface area contributed by atoms with Gasteiger partial charge in [-0.1, -0.05) is 30.3 Å². The van der Waals surface area contributed by atoms with Gasteiger partial charge >= 0.3 is 0 Å². The van der Waals surface area contributed by atoms with Crippen molar-refractivity contribution in [1.82, 2.24) is 15.3 Å². The van der Waals surface area contributed by atoms with Crippen molar-refractivity contribution < 1.29 is 4.79 Å². The van der Waals surface area contributed by atoms with Crippen LogP contribution in [0.25, 0.3) is 21.8 Å². The quantitative estimate of drug-likeness (QED) is 0.518. The molecule has 4 nitrogen and oxygen atoms in total. The van der Waals surface area contributed by atoms with E-state index < -0.39 is 0 Å². The van der Waals surface area contributed by atoms with Gasteiger partial charge in [0.15, 0.2) is 0 Å². The number of hydrogen-bond acceptors (Lipinski definition) is 1. The largest absolute Gasteiger partial charge is 0.361 e. The number of para-hydroxylation sites is 1. The van der Waals surface area contributed by atoms with Gasteiger partial charge < -0.3 is 15.3 Å². The molecule has 1 amide bonds. The Balaban J connectivity index is 1.34. The molecule has 3 N–H and O–H groups in total. The third-order valence-electron chi connectivity index (χ3n) is 4.38. The van der Waals surface area contributed by atoms with Gasteiger partial charge in [0.05, 0.1) is 6.42 Å². The van der Waals surface area contributed by atoms with Crippen LogP contribution in [-0.2, 0) is 17.6 Å². The number of carbonyl (C=O) groups excluding carboxylic acids is 1. The average Bonchev–Trinajstić information content (AvgIpc) is 3.21. The second-order valence-electron chi connectivity index (χ2n) is 6.04. The van der Waals surface area contributed by atoms with Crippen LogP contribution in [-0.4, -0.2) is 22.4 Å². The highest BCUT2D eigenvalue weighted by Crippen LogP contribution is 2.18. The van der Waals surface area contributed by atoms with Gasteiger partial charge in [0, 0.05) is 35.4 Å². The van der Waals surface area contributed by atoms with Crippen LogP contribution < -0.4 is 5.32 Å². The Morgan fingerprint density at radius 1 is 1.00 bits per heavy atom. The molecule has 0 spiro atoms. The van der Waals surface area contributed by atoms with E-state index in [-0.39, 0.29) is 5.91 Å². The molecule has 2 aromatic carbocycles. The molecule has 0 bridgehead atoms. The van der Waals surface area contributed by atoms with Crippen molar-refractivity contribution in [3.8, 4) is 0 Å². The van der Waals surface area contributed by atoms with Crippen LogP contribution in [0, 0.1) is 0 Å². The van der Waals surface area contributed by atoms with Gasteiger partial charge in [-0.15, -0.1) is 0 Å². The number of rotatable bonds is 5. The molecule has 0 radical (unpaired) electrons. The van der Waals surface area contributed by atoms with Crippen molar-refractivity contribution in [1.29, 1.82) is 0 Å². The van der Waals surface area contributed by atoms with E-state index in [1.165, 1.54) is 16.3 Å². The number of aromatic nitrogens is 2. The number of nitrogens with one attached hydrogen (secondary N) is 3. The van der Waals surface area contributed by atoms with Crippen molar-refractivity contribution >= 4 is 27.7 Å². The number of H-pyrrole nitrogens is 2. The van der Waals surface area contributed by atoms with Gasteiger partial charge in [-0.05, 0) is 41.1 Å². The lowest BCUT2D eigenvalue weighted by Gasteiger charge is -2.05. The zero-order valence-corrected chi connectivity index (χ0v) is 13.3. The minimum Gasteiger partial charge on any atom is -0.361 e. The molecule has 4 aromatic rings. The summed E-state index contributed by atoms with van der Waals surface area (Å²) in [4.78, 5) is 18.6. The van der Waals surface area contributed by atoms with Crippen LogP contribution in [0.4, 0.5) is 0 Å². The summed E-state index contributed by atoms with van der Waals surface area (Å²) in [5.74, 6) is 0.0562. The monoisotopic (exact) mass is 317 g/mol. The van der Waals surface area contributed by atoms with E-state index >= 15 is 0 Å². The molecule has 0 saturated carbocycles. The third-order valence-corrected chi connectivity index (χ3v) is 4.38. The molecule has 0 fully saturated rings. The highest BCUT2D eigenvalue weighted by atomic mass is 16.1. The highest BCUT2D eigenvalue weighted by molar-refractivity contribution is 5.84. The Kier molecular flexibility index (Phi) is 3.79. The fourth-order valence-electron chi connectivity index (χ4n) is 3.13. The van der Waals surface area contributed by atoms with Gasteiger partial charge in [-0.3, -0.25) is 4.79 Å². The van der Waals surface area contributed by atoms with Crippen LogP contribution in [0.15, 0.2) is 60.9 Å². The van der Waals surface area contributed by atoms with E-state index in [9.17, 15) is 4.79 Å². The van der Waals surface area contributed by atoms with Crippen molar-refractivity contribution in [2.75, 3.05) is 6.54 Å². The predicted octanol–water partition coefficient (Wildman–Crippen LogP) is 3.55. The first-order valence-corrected chi connectivity index (χ1v) is 8.17. The minimum absolute atomic E-state index is 0.0562. The molecular formula is C20H19N3O. The van der Waals surface area contributed by atoms with Crippen molar-refractivity contribution in [2.24, 2.45) is 0 Å². The first-order chi connectivity index (χ1) is 11.8. The number of hydrogen-bond donors (Lipinski definition) is 3. The maximum atomic E-state index is 12.1. The first-order valence-electron chi connectivity index (χ1n) is 8.17. The molecule has 24 heavy (non-hydrogen) atoms. The Hall–Kier alpha value is -3.01. The fraction of sp³-hybridized carbons (Fsp3) is 0.150. The molecule has 0 atom stereocenters. The predicted molar refractivity (Wildman–Crippen MR) is 97.0 cm³/mol. The molecule has 0 aliphatic heterocycles. The lowest BCUT2D eigenvalue weighted by Crippen LogP contribution is -2.27. The summed E-state index contributed by atoms with van der Waals surface area (Å²) in [5.41, 5.74) is 4.46. The van der Waals surface area contributed by atoms with Gasteiger partial charge in [0.2, 0.25) is 5.91 Å². The molecule has 120 valence electrons. The topological polar surface area (TPSA) is 60.7 Å². The van der Waals surface area contributed by atoms with Crippen LogP contribution in [0.5, 0.6) is 0 Å². The summed E-state index contributed by atoms with van der Waals surface area (Å²) in [5, 5.41) is 5.40. The molecule has 2 heterocycles.